The first-order valence-electron chi connectivity index (χ1n) is 8.53. The van der Waals surface area contributed by atoms with Crippen LogP contribution in [0.5, 0.6) is 0 Å². The molecule has 35 heavy (non-hydrogen) atoms. The van der Waals surface area contributed by atoms with E-state index in [1.54, 1.807) is 0 Å². The van der Waals surface area contributed by atoms with Crippen molar-refractivity contribution in [2.24, 2.45) is 0 Å². The normalized spacial score (nSPS) is 15.7. The Bertz CT molecular complexity index is 924. The second-order valence-corrected chi connectivity index (χ2v) is 6.91. The van der Waals surface area contributed by atoms with Gasteiger partial charge in [0, 0.05) is 6.42 Å². The highest BCUT2D eigenvalue weighted by Gasteiger charge is 2.93. The van der Waals surface area contributed by atoms with Crippen molar-refractivity contribution in [2.45, 2.75) is 54.2 Å². The third-order valence-corrected chi connectivity index (χ3v) is 4.53. The Hall–Kier alpha value is -2.40. The van der Waals surface area contributed by atoms with Gasteiger partial charge in [0.25, 0.3) is 0 Å². The molecule has 1 atom stereocenters. The van der Waals surface area contributed by atoms with Crippen molar-refractivity contribution in [1.82, 2.24) is 0 Å². The number of halogens is 15. The SMILES string of the molecule is COC(=O)c1cccc(C(O)CC(F)(F)C(F)(F)C(F)(F)C(F)(F)C(F)(F)C(F)(F)C(F)(F)F)c1. The fraction of sp³-hybridized carbons (Fsp3) is 0.588. The first kappa shape index (κ1) is 30.6. The topological polar surface area (TPSA) is 46.5 Å². The molecule has 0 radical (unpaired) electrons. The highest BCUT2D eigenvalue weighted by molar-refractivity contribution is 5.89. The molecule has 1 rings (SSSR count). The number of hydrogen-bond acceptors (Lipinski definition) is 3. The molecule has 0 amide bonds. The van der Waals surface area contributed by atoms with Crippen LogP contribution < -0.4 is 0 Å². The van der Waals surface area contributed by atoms with Gasteiger partial charge in [0.05, 0.1) is 18.8 Å². The van der Waals surface area contributed by atoms with Crippen LogP contribution in [0, 0.1) is 0 Å². The molecule has 1 aromatic carbocycles. The van der Waals surface area contributed by atoms with E-state index in [-0.39, 0.29) is 0 Å². The number of carbonyl (C=O) groups is 1. The molecule has 0 aromatic heterocycles. The summed E-state index contributed by atoms with van der Waals surface area (Å²) in [4.78, 5) is 11.4. The summed E-state index contributed by atoms with van der Waals surface area (Å²) in [7, 11) is 0.820. The van der Waals surface area contributed by atoms with Crippen LogP contribution in [0.4, 0.5) is 65.9 Å². The third kappa shape index (κ3) is 4.72. The van der Waals surface area contributed by atoms with Crippen molar-refractivity contribution in [3.8, 4) is 0 Å². The van der Waals surface area contributed by atoms with E-state index in [0.717, 1.165) is 19.2 Å². The van der Waals surface area contributed by atoms with Gasteiger partial charge in [-0.3, -0.25) is 0 Å². The quantitative estimate of drug-likeness (QED) is 0.293. The highest BCUT2D eigenvalue weighted by atomic mass is 19.4. The molecule has 0 bridgehead atoms. The van der Waals surface area contributed by atoms with Crippen molar-refractivity contribution in [2.75, 3.05) is 7.11 Å². The van der Waals surface area contributed by atoms with Crippen LogP contribution in [-0.2, 0) is 4.74 Å². The Balaban J connectivity index is 3.45. The summed E-state index contributed by atoms with van der Waals surface area (Å²) in [6.45, 7) is 0. The predicted molar refractivity (Wildman–Crippen MR) is 83.1 cm³/mol. The molecule has 0 spiro atoms. The predicted octanol–water partition coefficient (Wildman–Crippen LogP) is 6.27. The molecule has 0 fully saturated rings. The molecular weight excluding hydrogens is 537 g/mol. The molecule has 1 unspecified atom stereocenters. The maximum absolute atomic E-state index is 13.9. The zero-order valence-electron chi connectivity index (χ0n) is 16.5. The van der Waals surface area contributed by atoms with Gasteiger partial charge in [0.2, 0.25) is 0 Å². The maximum atomic E-state index is 13.9. The average Bonchev–Trinajstić information content (AvgIpc) is 2.71. The molecule has 202 valence electrons. The van der Waals surface area contributed by atoms with Gasteiger partial charge in [-0.25, -0.2) is 4.79 Å². The van der Waals surface area contributed by atoms with Crippen molar-refractivity contribution in [3.05, 3.63) is 35.4 Å². The number of carbonyl (C=O) groups excluding carboxylic acids is 1. The first-order chi connectivity index (χ1) is 15.3. The standard InChI is InChI=1S/C17H11F15O3/c1-35-10(34)8-4-2-3-7(5-8)9(33)6-11(18,19)12(20,21)13(22,23)14(24,25)15(26,27)16(28,29)17(30,31)32/h2-5,9,33H,6H2,1H3. The van der Waals surface area contributed by atoms with Crippen molar-refractivity contribution in [3.63, 3.8) is 0 Å². The van der Waals surface area contributed by atoms with E-state index in [9.17, 15) is 75.8 Å². The summed E-state index contributed by atoms with van der Waals surface area (Å²) < 4.78 is 202. The van der Waals surface area contributed by atoms with E-state index in [2.05, 4.69) is 4.74 Å². The van der Waals surface area contributed by atoms with E-state index in [0.29, 0.717) is 12.1 Å². The maximum Gasteiger partial charge on any atom is 0.460 e. The third-order valence-electron chi connectivity index (χ3n) is 4.53. The molecule has 3 nitrogen and oxygen atoms in total. The van der Waals surface area contributed by atoms with Crippen LogP contribution >= 0.6 is 0 Å². The second-order valence-electron chi connectivity index (χ2n) is 6.91. The van der Waals surface area contributed by atoms with Crippen LogP contribution in [0.25, 0.3) is 0 Å². The minimum Gasteiger partial charge on any atom is -0.465 e. The number of hydrogen-bond donors (Lipinski definition) is 1. The molecule has 18 heteroatoms. The molecule has 0 saturated heterocycles. The number of rotatable bonds is 9. The molecule has 0 saturated carbocycles. The van der Waals surface area contributed by atoms with Gasteiger partial charge in [0.1, 0.15) is 0 Å². The summed E-state index contributed by atoms with van der Waals surface area (Å²) in [6.07, 6.45) is -13.6. The summed E-state index contributed by atoms with van der Waals surface area (Å²) in [6, 6.07) is 2.88. The molecule has 0 aliphatic rings. The molecule has 1 aromatic rings. The lowest BCUT2D eigenvalue weighted by atomic mass is 9.88. The first-order valence-corrected chi connectivity index (χ1v) is 8.53. The average molecular weight is 548 g/mol. The Morgan fingerprint density at radius 2 is 1.20 bits per heavy atom. The van der Waals surface area contributed by atoms with E-state index >= 15 is 0 Å². The lowest BCUT2D eigenvalue weighted by molar-refractivity contribution is -0.453. The summed E-state index contributed by atoms with van der Waals surface area (Å²) >= 11 is 0. The Kier molecular flexibility index (Phi) is 7.81. The van der Waals surface area contributed by atoms with Gasteiger partial charge in [-0.05, 0) is 17.7 Å². The van der Waals surface area contributed by atoms with Crippen molar-refractivity contribution < 1.29 is 80.5 Å². The van der Waals surface area contributed by atoms with Crippen molar-refractivity contribution >= 4 is 5.97 Å². The number of ether oxygens (including phenoxy) is 1. The summed E-state index contributed by atoms with van der Waals surface area (Å²) in [5.41, 5.74) is -1.43. The second kappa shape index (κ2) is 8.92. The zero-order valence-corrected chi connectivity index (χ0v) is 16.5. The van der Waals surface area contributed by atoms with E-state index < -0.39 is 71.3 Å². The lowest BCUT2D eigenvalue weighted by Crippen LogP contribution is -2.72. The number of aliphatic hydroxyl groups excluding tert-OH is 1. The molecule has 1 N–H and O–H groups in total. The Morgan fingerprint density at radius 1 is 0.771 bits per heavy atom. The number of esters is 1. The van der Waals surface area contributed by atoms with E-state index in [1.807, 2.05) is 0 Å². The Morgan fingerprint density at radius 3 is 1.63 bits per heavy atom. The lowest BCUT2D eigenvalue weighted by Gasteiger charge is -2.41. The smallest absolute Gasteiger partial charge is 0.460 e. The van der Waals surface area contributed by atoms with Crippen LogP contribution in [0.1, 0.15) is 28.4 Å². The van der Waals surface area contributed by atoms with Gasteiger partial charge in [-0.15, -0.1) is 0 Å². The summed E-state index contributed by atoms with van der Waals surface area (Å²) in [5, 5.41) is 9.65. The Labute approximate surface area is 184 Å². The van der Waals surface area contributed by atoms with Gasteiger partial charge in [-0.1, -0.05) is 12.1 Å². The van der Waals surface area contributed by atoms with Gasteiger partial charge in [0.15, 0.2) is 0 Å². The van der Waals surface area contributed by atoms with Crippen LogP contribution in [0.3, 0.4) is 0 Å². The van der Waals surface area contributed by atoms with Crippen molar-refractivity contribution in [1.29, 1.82) is 0 Å². The fourth-order valence-electron chi connectivity index (χ4n) is 2.48. The molecule has 0 aliphatic heterocycles. The minimum atomic E-state index is -8.40. The van der Waals surface area contributed by atoms with E-state index in [1.165, 1.54) is 0 Å². The van der Waals surface area contributed by atoms with Crippen LogP contribution in [0.15, 0.2) is 24.3 Å². The van der Waals surface area contributed by atoms with Gasteiger partial charge < -0.3 is 9.84 Å². The number of alkyl halides is 15. The van der Waals surface area contributed by atoms with Crippen LogP contribution in [0.2, 0.25) is 0 Å². The van der Waals surface area contributed by atoms with Gasteiger partial charge in [-0.2, -0.15) is 65.9 Å². The fourth-order valence-corrected chi connectivity index (χ4v) is 2.48. The minimum absolute atomic E-state index is 0.496. The molecular formula is C17H11F15O3. The number of benzene rings is 1. The molecule has 0 aliphatic carbocycles. The molecule has 0 heterocycles. The van der Waals surface area contributed by atoms with Crippen LogP contribution in [-0.4, -0.2) is 59.9 Å². The summed E-state index contributed by atoms with van der Waals surface area (Å²) in [5.74, 6) is -48.6. The number of aliphatic hydroxyl groups is 1. The largest absolute Gasteiger partial charge is 0.465 e. The van der Waals surface area contributed by atoms with Gasteiger partial charge >= 0.3 is 47.7 Å². The number of methoxy groups -OCH3 is 1. The highest BCUT2D eigenvalue weighted by Crippen LogP contribution is 2.63. The zero-order chi connectivity index (χ0) is 28.1. The monoisotopic (exact) mass is 548 g/mol. The van der Waals surface area contributed by atoms with E-state index in [4.69, 9.17) is 0 Å².